The summed E-state index contributed by atoms with van der Waals surface area (Å²) in [6, 6.07) is 11.7. The summed E-state index contributed by atoms with van der Waals surface area (Å²) in [6.45, 7) is 7.48. The molecule has 10 heteroatoms. The van der Waals surface area contributed by atoms with Crippen LogP contribution in [0.3, 0.4) is 0 Å². The van der Waals surface area contributed by atoms with E-state index in [4.69, 9.17) is 14.2 Å². The molecule has 2 aliphatic heterocycles. The van der Waals surface area contributed by atoms with Gasteiger partial charge in [0, 0.05) is 11.6 Å². The molecule has 0 aliphatic carbocycles. The van der Waals surface area contributed by atoms with Crippen molar-refractivity contribution in [2.45, 2.75) is 39.8 Å². The Kier molecular flexibility index (Phi) is 6.90. The lowest BCUT2D eigenvalue weighted by Gasteiger charge is -2.25. The Morgan fingerprint density at radius 1 is 1.08 bits per heavy atom. The molecule has 0 spiro atoms. The normalized spacial score (nSPS) is 17.7. The number of anilines is 1. The molecule has 1 aromatic heterocycles. The molecule has 0 bridgehead atoms. The topological polar surface area (TPSA) is 99.4 Å². The molecular weight excluding hydrogens is 518 g/mol. The average Bonchev–Trinajstić information content (AvgIpc) is 3.39. The predicted octanol–water partition coefficient (Wildman–Crippen LogP) is 2.94. The van der Waals surface area contributed by atoms with Crippen LogP contribution in [0.1, 0.15) is 44.9 Å². The minimum Gasteiger partial charge on any atom is -0.493 e. The average molecular weight is 548 g/mol. The van der Waals surface area contributed by atoms with Crippen LogP contribution in [0.2, 0.25) is 0 Å². The number of carbonyl (C=O) groups is 2. The van der Waals surface area contributed by atoms with Crippen LogP contribution in [0, 0.1) is 0 Å². The maximum atomic E-state index is 14.2. The maximum absolute atomic E-state index is 14.2. The predicted molar refractivity (Wildman–Crippen MR) is 148 cm³/mol. The second-order valence-electron chi connectivity index (χ2n) is 9.40. The van der Waals surface area contributed by atoms with E-state index in [1.165, 1.54) is 18.8 Å². The van der Waals surface area contributed by atoms with Gasteiger partial charge in [0.15, 0.2) is 16.3 Å². The van der Waals surface area contributed by atoms with E-state index in [9.17, 15) is 14.4 Å². The van der Waals surface area contributed by atoms with Crippen molar-refractivity contribution in [3.63, 3.8) is 0 Å². The van der Waals surface area contributed by atoms with E-state index in [-0.39, 0.29) is 28.7 Å². The molecule has 0 radical (unpaired) electrons. The molecule has 0 saturated carbocycles. The number of thiazole rings is 1. The van der Waals surface area contributed by atoms with Crippen molar-refractivity contribution < 1.29 is 23.8 Å². The Morgan fingerprint density at radius 2 is 1.79 bits per heavy atom. The number of aromatic nitrogens is 1. The van der Waals surface area contributed by atoms with Gasteiger partial charge < -0.3 is 19.1 Å². The Labute approximate surface area is 229 Å². The van der Waals surface area contributed by atoms with Crippen molar-refractivity contribution in [1.82, 2.24) is 4.57 Å². The van der Waals surface area contributed by atoms with E-state index in [0.717, 1.165) is 17.0 Å². The number of esters is 1. The zero-order valence-corrected chi connectivity index (χ0v) is 23.4. The number of allylic oxidation sites excluding steroid dienone is 1. The standard InChI is InChI=1S/C29H29N3O6S/c1-7-38-28(35)22-16(4)30-29-32(24(22)17-12-13-20(36-5)21(14-17)37-6)27(34)25(39-29)23-18-10-8-9-11-19(18)31(15(2)3)26(23)33/h8-15,24H,7H2,1-6H3/b25-23+/t24-/m0/s1. The van der Waals surface area contributed by atoms with Gasteiger partial charge in [-0.3, -0.25) is 14.2 Å². The number of rotatable bonds is 6. The Bertz CT molecular complexity index is 1720. The second kappa shape index (κ2) is 10.2. The third-order valence-electron chi connectivity index (χ3n) is 6.82. The summed E-state index contributed by atoms with van der Waals surface area (Å²) in [5.41, 5.74) is 2.69. The molecule has 0 saturated heterocycles. The van der Waals surface area contributed by atoms with Crippen molar-refractivity contribution in [3.8, 4) is 11.5 Å². The molecule has 1 atom stereocenters. The molecule has 39 heavy (non-hydrogen) atoms. The number of amides is 1. The van der Waals surface area contributed by atoms with E-state index in [1.54, 1.807) is 36.9 Å². The van der Waals surface area contributed by atoms with Crippen molar-refractivity contribution >= 4 is 34.5 Å². The molecule has 0 unspecified atom stereocenters. The number of benzene rings is 2. The molecule has 2 aliphatic rings. The van der Waals surface area contributed by atoms with Gasteiger partial charge in [-0.25, -0.2) is 9.79 Å². The lowest BCUT2D eigenvalue weighted by molar-refractivity contribution is -0.139. The van der Waals surface area contributed by atoms with Crippen LogP contribution < -0.4 is 29.3 Å². The quantitative estimate of drug-likeness (QED) is 0.440. The number of hydrogen-bond donors (Lipinski definition) is 0. The summed E-state index contributed by atoms with van der Waals surface area (Å²) in [5, 5.41) is 0. The Hall–Kier alpha value is -4.18. The van der Waals surface area contributed by atoms with Gasteiger partial charge in [-0.15, -0.1) is 0 Å². The number of para-hydroxylation sites is 1. The van der Waals surface area contributed by atoms with Crippen LogP contribution in [-0.4, -0.2) is 43.3 Å². The third kappa shape index (κ3) is 4.15. The summed E-state index contributed by atoms with van der Waals surface area (Å²) in [4.78, 5) is 47.9. The smallest absolute Gasteiger partial charge is 0.338 e. The summed E-state index contributed by atoms with van der Waals surface area (Å²) >= 11 is 1.14. The minimum absolute atomic E-state index is 0.1000. The highest BCUT2D eigenvalue weighted by molar-refractivity contribution is 7.07. The number of methoxy groups -OCH3 is 2. The molecule has 2 aromatic carbocycles. The van der Waals surface area contributed by atoms with Gasteiger partial charge in [0.2, 0.25) is 0 Å². The van der Waals surface area contributed by atoms with E-state index < -0.39 is 17.6 Å². The van der Waals surface area contributed by atoms with Crippen LogP contribution in [0.5, 0.6) is 11.5 Å². The molecule has 1 amide bonds. The number of ether oxygens (including phenoxy) is 3. The van der Waals surface area contributed by atoms with Crippen LogP contribution in [0.15, 0.2) is 63.5 Å². The number of fused-ring (bicyclic) bond motifs is 2. The lowest BCUT2D eigenvalue weighted by Crippen LogP contribution is -2.41. The molecule has 3 heterocycles. The van der Waals surface area contributed by atoms with Gasteiger partial charge in [0.25, 0.3) is 11.5 Å². The van der Waals surface area contributed by atoms with Gasteiger partial charge in [0.1, 0.15) is 4.53 Å². The fraction of sp³-hybridized carbons (Fsp3) is 0.310. The molecule has 5 rings (SSSR count). The van der Waals surface area contributed by atoms with Crippen LogP contribution in [0.25, 0.3) is 5.57 Å². The fourth-order valence-corrected chi connectivity index (χ4v) is 6.29. The largest absolute Gasteiger partial charge is 0.493 e. The van der Waals surface area contributed by atoms with Crippen molar-refractivity contribution in [1.29, 1.82) is 0 Å². The van der Waals surface area contributed by atoms with E-state index >= 15 is 0 Å². The first-order valence-corrected chi connectivity index (χ1v) is 13.4. The molecule has 3 aromatic rings. The van der Waals surface area contributed by atoms with Gasteiger partial charge in [0.05, 0.1) is 49.4 Å². The molecule has 0 fully saturated rings. The first-order valence-electron chi connectivity index (χ1n) is 12.6. The summed E-state index contributed by atoms with van der Waals surface area (Å²) in [7, 11) is 3.05. The summed E-state index contributed by atoms with van der Waals surface area (Å²) in [6.07, 6.45) is 0. The number of carbonyl (C=O) groups excluding carboxylic acids is 2. The summed E-state index contributed by atoms with van der Waals surface area (Å²) in [5.74, 6) is 0.159. The molecule has 0 N–H and O–H groups in total. The van der Waals surface area contributed by atoms with Crippen molar-refractivity contribution in [2.75, 3.05) is 25.7 Å². The summed E-state index contributed by atoms with van der Waals surface area (Å²) < 4.78 is 18.0. The zero-order valence-electron chi connectivity index (χ0n) is 22.6. The van der Waals surface area contributed by atoms with Crippen LogP contribution >= 0.6 is 11.3 Å². The lowest BCUT2D eigenvalue weighted by atomic mass is 9.95. The van der Waals surface area contributed by atoms with Crippen molar-refractivity contribution in [3.05, 3.63) is 84.5 Å². The van der Waals surface area contributed by atoms with Crippen molar-refractivity contribution in [2.24, 2.45) is 4.99 Å². The Balaban J connectivity index is 1.83. The van der Waals surface area contributed by atoms with E-state index in [1.807, 2.05) is 38.1 Å². The third-order valence-corrected chi connectivity index (χ3v) is 7.88. The maximum Gasteiger partial charge on any atom is 0.338 e. The number of hydrogen-bond acceptors (Lipinski definition) is 8. The van der Waals surface area contributed by atoms with E-state index in [0.29, 0.717) is 38.7 Å². The SMILES string of the molecule is CCOC(=O)C1=C(C)N=c2s/c(=C3/C(=O)N(C(C)C)c4ccccc43)c(=O)n2[C@H]1c1ccc(OC)c(OC)c1. The van der Waals surface area contributed by atoms with Crippen LogP contribution in [0.4, 0.5) is 5.69 Å². The van der Waals surface area contributed by atoms with E-state index in [2.05, 4.69) is 4.99 Å². The fourth-order valence-electron chi connectivity index (χ4n) is 5.15. The van der Waals surface area contributed by atoms with Gasteiger partial charge >= 0.3 is 5.97 Å². The highest BCUT2D eigenvalue weighted by Crippen LogP contribution is 2.38. The highest BCUT2D eigenvalue weighted by Gasteiger charge is 2.38. The van der Waals surface area contributed by atoms with Gasteiger partial charge in [-0.1, -0.05) is 35.6 Å². The van der Waals surface area contributed by atoms with Gasteiger partial charge in [-0.2, -0.15) is 0 Å². The Morgan fingerprint density at radius 3 is 2.46 bits per heavy atom. The monoisotopic (exact) mass is 547 g/mol. The molecular formula is C29H29N3O6S. The van der Waals surface area contributed by atoms with Gasteiger partial charge in [-0.05, 0) is 51.5 Å². The first kappa shape index (κ1) is 26.4. The zero-order chi connectivity index (χ0) is 28.0. The number of nitrogens with zero attached hydrogens (tertiary/aromatic N) is 3. The molecule has 202 valence electrons. The van der Waals surface area contributed by atoms with Crippen LogP contribution in [-0.2, 0) is 14.3 Å². The molecule has 9 nitrogen and oxygen atoms in total. The minimum atomic E-state index is -0.845. The second-order valence-corrected chi connectivity index (χ2v) is 10.4. The first-order chi connectivity index (χ1) is 18.7. The highest BCUT2D eigenvalue weighted by atomic mass is 32.1.